The minimum absolute atomic E-state index is 0.624. The average Bonchev–Trinajstić information content (AvgIpc) is 2.43. The maximum atomic E-state index is 3.47. The molecule has 0 fully saturated rings. The van der Waals surface area contributed by atoms with Crippen LogP contribution >= 0.6 is 0 Å². The van der Waals surface area contributed by atoms with Gasteiger partial charge in [-0.25, -0.2) is 0 Å². The van der Waals surface area contributed by atoms with Crippen LogP contribution in [0.1, 0.15) is 38.2 Å². The summed E-state index contributed by atoms with van der Waals surface area (Å²) in [6.07, 6.45) is 2.42. The molecule has 18 heavy (non-hydrogen) atoms. The molecule has 0 spiro atoms. The van der Waals surface area contributed by atoms with Crippen LogP contribution in [0.2, 0.25) is 0 Å². The van der Waals surface area contributed by atoms with Gasteiger partial charge in [0, 0.05) is 0 Å². The first kappa shape index (κ1) is 13.1. The van der Waals surface area contributed by atoms with Crippen LogP contribution in [0.25, 0.3) is 10.8 Å². The Morgan fingerprint density at radius 1 is 1.00 bits per heavy atom. The molecule has 0 heterocycles. The number of hydrogen-bond acceptors (Lipinski definition) is 1. The summed E-state index contributed by atoms with van der Waals surface area (Å²) in [7, 11) is 0. The molecule has 0 bridgehead atoms. The van der Waals surface area contributed by atoms with Crippen molar-refractivity contribution in [2.45, 2.75) is 32.6 Å². The van der Waals surface area contributed by atoms with Gasteiger partial charge in [0.25, 0.3) is 0 Å². The summed E-state index contributed by atoms with van der Waals surface area (Å²) in [5, 5.41) is 6.15. The summed E-state index contributed by atoms with van der Waals surface area (Å²) >= 11 is 0. The Bertz CT molecular complexity index is 490. The van der Waals surface area contributed by atoms with Gasteiger partial charge in [-0.05, 0) is 48.2 Å². The molecule has 1 nitrogen and oxygen atoms in total. The number of rotatable bonds is 6. The third kappa shape index (κ3) is 3.33. The van der Waals surface area contributed by atoms with E-state index in [0.717, 1.165) is 13.1 Å². The first-order valence-corrected chi connectivity index (χ1v) is 7.00. The lowest BCUT2D eigenvalue weighted by Crippen LogP contribution is -2.17. The first-order chi connectivity index (χ1) is 8.81. The van der Waals surface area contributed by atoms with Gasteiger partial charge in [-0.15, -0.1) is 0 Å². The van der Waals surface area contributed by atoms with Crippen LogP contribution in [0, 0.1) is 0 Å². The van der Waals surface area contributed by atoms with E-state index in [1.165, 1.54) is 29.2 Å². The molecule has 0 aliphatic rings. The summed E-state index contributed by atoms with van der Waals surface area (Å²) < 4.78 is 0. The number of nitrogens with one attached hydrogen (secondary N) is 1. The van der Waals surface area contributed by atoms with Crippen molar-refractivity contribution in [3.05, 3.63) is 48.0 Å². The second-order valence-electron chi connectivity index (χ2n) is 5.05. The van der Waals surface area contributed by atoms with E-state index < -0.39 is 0 Å². The Morgan fingerprint density at radius 2 is 1.78 bits per heavy atom. The van der Waals surface area contributed by atoms with E-state index in [-0.39, 0.29) is 0 Å². The van der Waals surface area contributed by atoms with Crippen molar-refractivity contribution in [1.82, 2.24) is 5.32 Å². The van der Waals surface area contributed by atoms with Gasteiger partial charge in [-0.1, -0.05) is 56.3 Å². The zero-order valence-corrected chi connectivity index (χ0v) is 11.4. The van der Waals surface area contributed by atoms with Crippen molar-refractivity contribution in [2.75, 3.05) is 13.1 Å². The van der Waals surface area contributed by atoms with Crippen molar-refractivity contribution in [3.8, 4) is 0 Å². The van der Waals surface area contributed by atoms with Gasteiger partial charge < -0.3 is 5.32 Å². The molecule has 2 aromatic rings. The lowest BCUT2D eigenvalue weighted by atomic mass is 9.95. The van der Waals surface area contributed by atoms with Gasteiger partial charge in [0.15, 0.2) is 0 Å². The Morgan fingerprint density at radius 3 is 2.56 bits per heavy atom. The molecule has 2 rings (SSSR count). The van der Waals surface area contributed by atoms with Crippen LogP contribution in [0.15, 0.2) is 42.5 Å². The summed E-state index contributed by atoms with van der Waals surface area (Å²) in [5.41, 5.74) is 1.45. The highest BCUT2D eigenvalue weighted by atomic mass is 14.8. The molecule has 1 N–H and O–H groups in total. The van der Waals surface area contributed by atoms with Gasteiger partial charge in [-0.2, -0.15) is 0 Å². The van der Waals surface area contributed by atoms with Crippen LogP contribution in [0.3, 0.4) is 0 Å². The highest BCUT2D eigenvalue weighted by Gasteiger charge is 2.05. The lowest BCUT2D eigenvalue weighted by molar-refractivity contribution is 0.591. The van der Waals surface area contributed by atoms with E-state index in [0.29, 0.717) is 5.92 Å². The molecule has 0 amide bonds. The Balaban J connectivity index is 2.01. The molecule has 1 unspecified atom stereocenters. The Labute approximate surface area is 110 Å². The molecule has 0 aliphatic heterocycles. The van der Waals surface area contributed by atoms with E-state index >= 15 is 0 Å². The largest absolute Gasteiger partial charge is 0.317 e. The van der Waals surface area contributed by atoms with E-state index in [1.54, 1.807) is 0 Å². The van der Waals surface area contributed by atoms with E-state index in [4.69, 9.17) is 0 Å². The minimum Gasteiger partial charge on any atom is -0.317 e. The van der Waals surface area contributed by atoms with Crippen molar-refractivity contribution in [2.24, 2.45) is 0 Å². The monoisotopic (exact) mass is 241 g/mol. The second-order valence-corrected chi connectivity index (χ2v) is 5.05. The van der Waals surface area contributed by atoms with Gasteiger partial charge in [0.2, 0.25) is 0 Å². The molecular weight excluding hydrogens is 218 g/mol. The van der Waals surface area contributed by atoms with Gasteiger partial charge in [0.05, 0.1) is 0 Å². The molecule has 0 aromatic heterocycles. The summed E-state index contributed by atoms with van der Waals surface area (Å²) in [4.78, 5) is 0. The van der Waals surface area contributed by atoms with Crippen molar-refractivity contribution in [1.29, 1.82) is 0 Å². The summed E-state index contributed by atoms with van der Waals surface area (Å²) in [6, 6.07) is 15.4. The third-order valence-corrected chi connectivity index (χ3v) is 3.52. The fourth-order valence-electron chi connectivity index (χ4n) is 2.30. The molecule has 0 radical (unpaired) electrons. The molecule has 1 heteroatoms. The molecular formula is C17H23N. The molecule has 2 aromatic carbocycles. The summed E-state index contributed by atoms with van der Waals surface area (Å²) in [6.45, 7) is 6.77. The smallest absolute Gasteiger partial charge is 0.00432 e. The second kappa shape index (κ2) is 6.55. The Hall–Kier alpha value is -1.34. The fraction of sp³-hybridized carbons (Fsp3) is 0.412. The third-order valence-electron chi connectivity index (χ3n) is 3.52. The lowest BCUT2D eigenvalue weighted by Gasteiger charge is -2.13. The first-order valence-electron chi connectivity index (χ1n) is 7.00. The highest BCUT2D eigenvalue weighted by Crippen LogP contribution is 2.23. The van der Waals surface area contributed by atoms with Crippen LogP contribution in [-0.4, -0.2) is 13.1 Å². The van der Waals surface area contributed by atoms with Gasteiger partial charge in [-0.3, -0.25) is 0 Å². The van der Waals surface area contributed by atoms with Crippen LogP contribution in [-0.2, 0) is 0 Å². The van der Waals surface area contributed by atoms with Crippen molar-refractivity contribution in [3.63, 3.8) is 0 Å². The zero-order valence-electron chi connectivity index (χ0n) is 11.4. The maximum absolute atomic E-state index is 3.47. The molecule has 0 aliphatic carbocycles. The SMILES string of the molecule is CCCNCCC(C)c1ccc2ccccc2c1. The molecule has 1 atom stereocenters. The van der Waals surface area contributed by atoms with E-state index in [1.807, 2.05) is 0 Å². The molecule has 0 saturated carbocycles. The normalized spacial score (nSPS) is 12.8. The van der Waals surface area contributed by atoms with Crippen LogP contribution in [0.5, 0.6) is 0 Å². The van der Waals surface area contributed by atoms with Crippen molar-refractivity contribution >= 4 is 10.8 Å². The maximum Gasteiger partial charge on any atom is -0.00432 e. The van der Waals surface area contributed by atoms with E-state index in [2.05, 4.69) is 61.6 Å². The fourth-order valence-corrected chi connectivity index (χ4v) is 2.30. The number of fused-ring (bicyclic) bond motifs is 1. The summed E-state index contributed by atoms with van der Waals surface area (Å²) in [5.74, 6) is 0.624. The number of hydrogen-bond donors (Lipinski definition) is 1. The topological polar surface area (TPSA) is 12.0 Å². The molecule has 96 valence electrons. The zero-order chi connectivity index (χ0) is 12.8. The van der Waals surface area contributed by atoms with Gasteiger partial charge >= 0.3 is 0 Å². The number of benzene rings is 2. The van der Waals surface area contributed by atoms with Crippen LogP contribution in [0.4, 0.5) is 0 Å². The van der Waals surface area contributed by atoms with E-state index in [9.17, 15) is 0 Å². The highest BCUT2D eigenvalue weighted by molar-refractivity contribution is 5.83. The van der Waals surface area contributed by atoms with Gasteiger partial charge in [0.1, 0.15) is 0 Å². The standard InChI is InChI=1S/C17H23N/c1-3-11-18-12-10-14(2)16-9-8-15-6-4-5-7-17(15)13-16/h4-9,13-14,18H,3,10-12H2,1-2H3. The average molecular weight is 241 g/mol. The predicted molar refractivity (Wildman–Crippen MR) is 80.1 cm³/mol. The minimum atomic E-state index is 0.624. The predicted octanol–water partition coefficient (Wildman–Crippen LogP) is 4.33. The van der Waals surface area contributed by atoms with Crippen LogP contribution < -0.4 is 5.32 Å². The quantitative estimate of drug-likeness (QED) is 0.742. The Kier molecular flexibility index (Phi) is 4.77. The molecule has 0 saturated heterocycles. The van der Waals surface area contributed by atoms with Crippen molar-refractivity contribution < 1.29 is 0 Å².